The van der Waals surface area contributed by atoms with E-state index in [1.807, 2.05) is 4.90 Å². The molecule has 0 radical (unpaired) electrons. The summed E-state index contributed by atoms with van der Waals surface area (Å²) in [5, 5.41) is 3.12. The molecule has 0 aromatic rings. The first-order valence-electron chi connectivity index (χ1n) is 8.65. The van der Waals surface area contributed by atoms with Gasteiger partial charge in [-0.05, 0) is 32.6 Å². The second-order valence-corrected chi connectivity index (χ2v) is 6.75. The Kier molecular flexibility index (Phi) is 5.01. The second-order valence-electron chi connectivity index (χ2n) is 6.75. The number of nitrogens with one attached hydrogen (secondary N) is 1. The first-order valence-corrected chi connectivity index (χ1v) is 8.65. The lowest BCUT2D eigenvalue weighted by Gasteiger charge is -2.38. The lowest BCUT2D eigenvalue weighted by Crippen LogP contribution is -2.55. The van der Waals surface area contributed by atoms with Crippen molar-refractivity contribution in [2.45, 2.75) is 63.6 Å². The number of nitrogens with zero attached hydrogens (tertiary/aromatic N) is 2. The number of carbonyl (C=O) groups excluding carboxylic acids is 1. The summed E-state index contributed by atoms with van der Waals surface area (Å²) in [6.07, 6.45) is 7.84. The molecule has 3 fully saturated rings. The van der Waals surface area contributed by atoms with Crippen LogP contribution in [0.5, 0.6) is 0 Å². The van der Waals surface area contributed by atoms with Gasteiger partial charge in [-0.25, -0.2) is 4.79 Å². The van der Waals surface area contributed by atoms with E-state index in [2.05, 4.69) is 17.1 Å². The molecule has 3 rings (SSSR count). The summed E-state index contributed by atoms with van der Waals surface area (Å²) in [4.78, 5) is 16.9. The maximum atomic E-state index is 12.3. The Morgan fingerprint density at radius 3 is 2.43 bits per heavy atom. The van der Waals surface area contributed by atoms with Crippen LogP contribution in [0.2, 0.25) is 0 Å². The summed E-state index contributed by atoms with van der Waals surface area (Å²) in [7, 11) is 0. The number of hydrogen-bond donors (Lipinski definition) is 1. The van der Waals surface area contributed by atoms with Gasteiger partial charge in [-0.2, -0.15) is 0 Å². The number of hydrogen-bond acceptors (Lipinski definition) is 3. The Morgan fingerprint density at radius 2 is 1.81 bits per heavy atom. The highest BCUT2D eigenvalue weighted by Gasteiger charge is 2.29. The number of piperazine rings is 1. The molecule has 1 aliphatic carbocycles. The summed E-state index contributed by atoms with van der Waals surface area (Å²) < 4.78 is 5.65. The summed E-state index contributed by atoms with van der Waals surface area (Å²) in [5.41, 5.74) is 0. The molecule has 0 spiro atoms. The monoisotopic (exact) mass is 295 g/mol. The third-order valence-electron chi connectivity index (χ3n) is 5.32. The molecule has 2 unspecified atom stereocenters. The van der Waals surface area contributed by atoms with Gasteiger partial charge in [0, 0.05) is 38.8 Å². The van der Waals surface area contributed by atoms with Crippen LogP contribution in [-0.2, 0) is 4.74 Å². The molecular weight excluding hydrogens is 266 g/mol. The zero-order chi connectivity index (χ0) is 14.7. The molecule has 0 aromatic heterocycles. The summed E-state index contributed by atoms with van der Waals surface area (Å²) >= 11 is 0. The first-order chi connectivity index (χ1) is 10.2. The Bertz CT molecular complexity index is 343. The van der Waals surface area contributed by atoms with Gasteiger partial charge in [-0.15, -0.1) is 0 Å². The van der Waals surface area contributed by atoms with E-state index in [1.165, 1.54) is 25.7 Å². The second kappa shape index (κ2) is 6.97. The van der Waals surface area contributed by atoms with Gasteiger partial charge in [-0.3, -0.25) is 4.90 Å². The minimum absolute atomic E-state index is 0.0871. The number of urea groups is 1. The van der Waals surface area contributed by atoms with E-state index >= 15 is 0 Å². The zero-order valence-electron chi connectivity index (χ0n) is 13.2. The van der Waals surface area contributed by atoms with Crippen molar-refractivity contribution in [3.05, 3.63) is 0 Å². The van der Waals surface area contributed by atoms with Crippen LogP contribution >= 0.6 is 0 Å². The largest absolute Gasteiger partial charge is 0.376 e. The number of ether oxygens (including phenoxy) is 1. The molecule has 3 aliphatic rings. The molecule has 2 atom stereocenters. The number of amides is 2. The lowest BCUT2D eigenvalue weighted by molar-refractivity contribution is 0.0773. The van der Waals surface area contributed by atoms with E-state index in [9.17, 15) is 4.79 Å². The molecule has 120 valence electrons. The lowest BCUT2D eigenvalue weighted by atomic mass is 10.1. The van der Waals surface area contributed by atoms with Gasteiger partial charge in [0.05, 0.1) is 12.1 Å². The number of carbonyl (C=O) groups is 1. The highest BCUT2D eigenvalue weighted by molar-refractivity contribution is 5.74. The number of rotatable bonds is 3. The van der Waals surface area contributed by atoms with Crippen LogP contribution < -0.4 is 5.32 Å². The van der Waals surface area contributed by atoms with Crippen molar-refractivity contribution in [1.29, 1.82) is 0 Å². The molecule has 2 amide bonds. The molecule has 21 heavy (non-hydrogen) atoms. The average Bonchev–Trinajstić information content (AvgIpc) is 3.20. The zero-order valence-corrected chi connectivity index (χ0v) is 13.2. The van der Waals surface area contributed by atoms with Gasteiger partial charge in [0.25, 0.3) is 0 Å². The maximum absolute atomic E-state index is 12.3. The van der Waals surface area contributed by atoms with Gasteiger partial charge >= 0.3 is 6.03 Å². The van der Waals surface area contributed by atoms with E-state index in [-0.39, 0.29) is 18.2 Å². The normalized spacial score (nSPS) is 29.8. The fraction of sp³-hybridized carbons (Fsp3) is 0.938. The predicted octanol–water partition coefficient (Wildman–Crippen LogP) is 1.82. The fourth-order valence-electron chi connectivity index (χ4n) is 3.94. The SMILES string of the molecule is CC(NC(=O)N1CCN(C2CCCC2)CC1)C1CCCO1. The molecule has 5 nitrogen and oxygen atoms in total. The van der Waals surface area contributed by atoms with E-state index in [1.54, 1.807) is 0 Å². The van der Waals surface area contributed by atoms with Crippen LogP contribution in [0, 0.1) is 0 Å². The Balaban J connectivity index is 1.41. The van der Waals surface area contributed by atoms with Crippen molar-refractivity contribution in [2.24, 2.45) is 0 Å². The smallest absolute Gasteiger partial charge is 0.317 e. The Labute approximate surface area is 128 Å². The molecule has 0 bridgehead atoms. The van der Waals surface area contributed by atoms with Crippen LogP contribution in [0.25, 0.3) is 0 Å². The van der Waals surface area contributed by atoms with Crippen molar-refractivity contribution >= 4 is 6.03 Å². The summed E-state index contributed by atoms with van der Waals surface area (Å²) in [6.45, 7) is 6.69. The highest BCUT2D eigenvalue weighted by Crippen LogP contribution is 2.24. The van der Waals surface area contributed by atoms with Gasteiger partial charge in [0.2, 0.25) is 0 Å². The van der Waals surface area contributed by atoms with Crippen molar-refractivity contribution < 1.29 is 9.53 Å². The van der Waals surface area contributed by atoms with E-state index in [0.717, 1.165) is 51.7 Å². The molecule has 2 saturated heterocycles. The standard InChI is InChI=1S/C16H29N3O2/c1-13(15-7-4-12-21-15)17-16(20)19-10-8-18(9-11-19)14-5-2-3-6-14/h13-15H,2-12H2,1H3,(H,17,20). The topological polar surface area (TPSA) is 44.8 Å². The average molecular weight is 295 g/mol. The van der Waals surface area contributed by atoms with Crippen molar-refractivity contribution in [1.82, 2.24) is 15.1 Å². The van der Waals surface area contributed by atoms with Crippen LogP contribution in [0.15, 0.2) is 0 Å². The summed E-state index contributed by atoms with van der Waals surface area (Å²) in [6, 6.07) is 0.984. The van der Waals surface area contributed by atoms with E-state index < -0.39 is 0 Å². The minimum Gasteiger partial charge on any atom is -0.376 e. The minimum atomic E-state index is 0.0871. The van der Waals surface area contributed by atoms with Crippen LogP contribution in [0.1, 0.15) is 45.4 Å². The van der Waals surface area contributed by atoms with Gasteiger partial charge in [0.1, 0.15) is 0 Å². The Morgan fingerprint density at radius 1 is 1.10 bits per heavy atom. The van der Waals surface area contributed by atoms with Crippen molar-refractivity contribution in [3.63, 3.8) is 0 Å². The van der Waals surface area contributed by atoms with E-state index in [0.29, 0.717) is 0 Å². The molecule has 1 N–H and O–H groups in total. The molecule has 2 heterocycles. The third kappa shape index (κ3) is 3.69. The Hall–Kier alpha value is -0.810. The van der Waals surface area contributed by atoms with Crippen molar-refractivity contribution in [2.75, 3.05) is 32.8 Å². The van der Waals surface area contributed by atoms with Crippen LogP contribution in [0.4, 0.5) is 4.79 Å². The molecular formula is C16H29N3O2. The predicted molar refractivity (Wildman–Crippen MR) is 82.4 cm³/mol. The van der Waals surface area contributed by atoms with Crippen LogP contribution in [-0.4, -0.2) is 66.8 Å². The molecule has 1 saturated carbocycles. The molecule has 5 heteroatoms. The quantitative estimate of drug-likeness (QED) is 0.864. The van der Waals surface area contributed by atoms with Crippen molar-refractivity contribution in [3.8, 4) is 0 Å². The van der Waals surface area contributed by atoms with Gasteiger partial charge in [-0.1, -0.05) is 12.8 Å². The first kappa shape index (κ1) is 15.1. The third-order valence-corrected chi connectivity index (χ3v) is 5.32. The summed E-state index contributed by atoms with van der Waals surface area (Å²) in [5.74, 6) is 0. The maximum Gasteiger partial charge on any atom is 0.317 e. The van der Waals surface area contributed by atoms with Crippen LogP contribution in [0.3, 0.4) is 0 Å². The van der Waals surface area contributed by atoms with Gasteiger partial charge in [0.15, 0.2) is 0 Å². The highest BCUT2D eigenvalue weighted by atomic mass is 16.5. The molecule has 0 aromatic carbocycles. The van der Waals surface area contributed by atoms with Gasteiger partial charge < -0.3 is 15.0 Å². The van der Waals surface area contributed by atoms with E-state index in [4.69, 9.17) is 4.74 Å². The molecule has 2 aliphatic heterocycles. The fourth-order valence-corrected chi connectivity index (χ4v) is 3.94.